The first kappa shape index (κ1) is 17.0. The van der Waals surface area contributed by atoms with Crippen molar-refractivity contribution in [3.63, 3.8) is 0 Å². The molecule has 0 bridgehead atoms. The lowest BCUT2D eigenvalue weighted by molar-refractivity contribution is -0.141. The number of rotatable bonds is 5. The Morgan fingerprint density at radius 3 is 2.14 bits per heavy atom. The van der Waals surface area contributed by atoms with E-state index < -0.39 is 35.6 Å². The van der Waals surface area contributed by atoms with Gasteiger partial charge in [0.1, 0.15) is 6.04 Å². The number of alkyl halides is 3. The average Bonchev–Trinajstić information content (AvgIpc) is 2.37. The van der Waals surface area contributed by atoms with Crippen molar-refractivity contribution in [2.24, 2.45) is 5.92 Å². The third-order valence-electron chi connectivity index (χ3n) is 3.00. The highest BCUT2D eigenvalue weighted by molar-refractivity contribution is 5.84. The number of amides is 1. The molecule has 0 spiro atoms. The molecule has 2 atom stereocenters. The summed E-state index contributed by atoms with van der Waals surface area (Å²) in [6.07, 6.45) is -4.16. The number of carboxylic acid groups (broad SMARTS) is 1. The number of carbonyl (C=O) groups excluding carboxylic acids is 1. The summed E-state index contributed by atoms with van der Waals surface area (Å²) in [6, 6.07) is 3.53. The summed E-state index contributed by atoms with van der Waals surface area (Å²) in [5, 5.41) is 11.0. The third kappa shape index (κ3) is 5.09. The van der Waals surface area contributed by atoms with Gasteiger partial charge in [-0.3, -0.25) is 9.59 Å². The number of nitrogens with one attached hydrogen (secondary N) is 1. The fraction of sp³-hybridized carbons (Fsp3) is 0.429. The van der Waals surface area contributed by atoms with Crippen LogP contribution in [-0.2, 0) is 22.2 Å². The van der Waals surface area contributed by atoms with E-state index in [1.807, 2.05) is 0 Å². The SMILES string of the molecule is CC(Cc1ccc(C(F)(F)F)cc1)C(=O)N[C@@H](C)C(=O)O. The molecule has 0 aliphatic heterocycles. The van der Waals surface area contributed by atoms with Crippen LogP contribution in [0.2, 0.25) is 0 Å². The van der Waals surface area contributed by atoms with Crippen LogP contribution >= 0.6 is 0 Å². The highest BCUT2D eigenvalue weighted by Gasteiger charge is 2.30. The van der Waals surface area contributed by atoms with Crippen LogP contribution in [-0.4, -0.2) is 23.0 Å². The Bertz CT molecular complexity index is 511. The zero-order valence-corrected chi connectivity index (χ0v) is 11.6. The van der Waals surface area contributed by atoms with E-state index in [1.165, 1.54) is 19.1 Å². The summed E-state index contributed by atoms with van der Waals surface area (Å²) in [7, 11) is 0. The van der Waals surface area contributed by atoms with Crippen molar-refractivity contribution in [1.82, 2.24) is 5.32 Å². The standard InChI is InChI=1S/C14H16F3NO3/c1-8(12(19)18-9(2)13(20)21)7-10-3-5-11(6-4-10)14(15,16)17/h3-6,8-9H,7H2,1-2H3,(H,18,19)(H,20,21)/t8?,9-/m0/s1. The van der Waals surface area contributed by atoms with Crippen LogP contribution in [0.1, 0.15) is 25.0 Å². The number of halogens is 3. The molecule has 0 radical (unpaired) electrons. The second kappa shape index (κ2) is 6.60. The normalized spacial score (nSPS) is 14.3. The predicted molar refractivity (Wildman–Crippen MR) is 69.6 cm³/mol. The van der Waals surface area contributed by atoms with Crippen molar-refractivity contribution in [3.8, 4) is 0 Å². The molecular formula is C14H16F3NO3. The minimum Gasteiger partial charge on any atom is -0.480 e. The summed E-state index contributed by atoms with van der Waals surface area (Å²) in [6.45, 7) is 2.92. The Balaban J connectivity index is 2.64. The van der Waals surface area contributed by atoms with Crippen molar-refractivity contribution >= 4 is 11.9 Å². The molecule has 0 fully saturated rings. The molecular weight excluding hydrogens is 287 g/mol. The fourth-order valence-corrected chi connectivity index (χ4v) is 1.69. The van der Waals surface area contributed by atoms with Gasteiger partial charge in [0.05, 0.1) is 5.56 Å². The molecule has 7 heteroatoms. The van der Waals surface area contributed by atoms with Gasteiger partial charge >= 0.3 is 12.1 Å². The van der Waals surface area contributed by atoms with Gasteiger partial charge in [-0.05, 0) is 31.0 Å². The van der Waals surface area contributed by atoms with E-state index in [0.29, 0.717) is 5.56 Å². The van der Waals surface area contributed by atoms with Gasteiger partial charge < -0.3 is 10.4 Å². The Hall–Kier alpha value is -2.05. The Morgan fingerprint density at radius 1 is 1.19 bits per heavy atom. The van der Waals surface area contributed by atoms with Crippen LogP contribution in [0.3, 0.4) is 0 Å². The van der Waals surface area contributed by atoms with Crippen molar-refractivity contribution in [3.05, 3.63) is 35.4 Å². The monoisotopic (exact) mass is 303 g/mol. The minimum absolute atomic E-state index is 0.232. The quantitative estimate of drug-likeness (QED) is 0.878. The third-order valence-corrected chi connectivity index (χ3v) is 3.00. The maximum absolute atomic E-state index is 12.4. The van der Waals surface area contributed by atoms with Gasteiger partial charge in [-0.15, -0.1) is 0 Å². The van der Waals surface area contributed by atoms with E-state index >= 15 is 0 Å². The van der Waals surface area contributed by atoms with E-state index in [2.05, 4.69) is 5.32 Å². The summed E-state index contributed by atoms with van der Waals surface area (Å²) in [5.41, 5.74) is -0.170. The molecule has 116 valence electrons. The molecule has 1 aromatic rings. The van der Waals surface area contributed by atoms with Crippen molar-refractivity contribution in [1.29, 1.82) is 0 Å². The number of hydrogen-bond acceptors (Lipinski definition) is 2. The first-order chi connectivity index (χ1) is 9.61. The second-order valence-corrected chi connectivity index (χ2v) is 4.87. The zero-order chi connectivity index (χ0) is 16.2. The maximum atomic E-state index is 12.4. The topological polar surface area (TPSA) is 66.4 Å². The summed E-state index contributed by atoms with van der Waals surface area (Å²) < 4.78 is 37.2. The van der Waals surface area contributed by atoms with Gasteiger partial charge in [0.15, 0.2) is 0 Å². The zero-order valence-electron chi connectivity index (χ0n) is 11.6. The molecule has 0 heterocycles. The summed E-state index contributed by atoms with van der Waals surface area (Å²) in [4.78, 5) is 22.4. The number of carbonyl (C=O) groups is 2. The predicted octanol–water partition coefficient (Wildman–Crippen LogP) is 2.47. The second-order valence-electron chi connectivity index (χ2n) is 4.87. The van der Waals surface area contributed by atoms with Gasteiger partial charge in [0.25, 0.3) is 0 Å². The minimum atomic E-state index is -4.39. The van der Waals surface area contributed by atoms with E-state index in [1.54, 1.807) is 6.92 Å². The number of hydrogen-bond donors (Lipinski definition) is 2. The molecule has 0 saturated heterocycles. The van der Waals surface area contributed by atoms with Crippen molar-refractivity contribution in [2.75, 3.05) is 0 Å². The van der Waals surface area contributed by atoms with Crippen LogP contribution in [0, 0.1) is 5.92 Å². The molecule has 21 heavy (non-hydrogen) atoms. The number of aliphatic carboxylic acids is 1. The first-order valence-corrected chi connectivity index (χ1v) is 6.30. The van der Waals surface area contributed by atoms with Crippen LogP contribution in [0.4, 0.5) is 13.2 Å². The van der Waals surface area contributed by atoms with E-state index in [4.69, 9.17) is 5.11 Å². The van der Waals surface area contributed by atoms with Crippen molar-refractivity contribution < 1.29 is 27.9 Å². The number of carboxylic acids is 1. The van der Waals surface area contributed by atoms with Gasteiger partial charge in [-0.2, -0.15) is 13.2 Å². The van der Waals surface area contributed by atoms with Crippen LogP contribution < -0.4 is 5.32 Å². The highest BCUT2D eigenvalue weighted by atomic mass is 19.4. The molecule has 4 nitrogen and oxygen atoms in total. The molecule has 0 aliphatic rings. The lowest BCUT2D eigenvalue weighted by Crippen LogP contribution is -2.41. The van der Waals surface area contributed by atoms with Crippen LogP contribution in [0.5, 0.6) is 0 Å². The Labute approximate surface area is 120 Å². The van der Waals surface area contributed by atoms with E-state index in [0.717, 1.165) is 12.1 Å². The molecule has 0 aliphatic carbocycles. The fourth-order valence-electron chi connectivity index (χ4n) is 1.69. The first-order valence-electron chi connectivity index (χ1n) is 6.30. The summed E-state index contributed by atoms with van der Waals surface area (Å²) >= 11 is 0. The molecule has 1 aromatic carbocycles. The van der Waals surface area contributed by atoms with E-state index in [9.17, 15) is 22.8 Å². The van der Waals surface area contributed by atoms with E-state index in [-0.39, 0.29) is 6.42 Å². The average molecular weight is 303 g/mol. The molecule has 0 saturated carbocycles. The van der Waals surface area contributed by atoms with Gasteiger partial charge in [-0.25, -0.2) is 0 Å². The number of benzene rings is 1. The molecule has 1 rings (SSSR count). The van der Waals surface area contributed by atoms with Crippen molar-refractivity contribution in [2.45, 2.75) is 32.5 Å². The molecule has 1 amide bonds. The van der Waals surface area contributed by atoms with Crippen LogP contribution in [0.15, 0.2) is 24.3 Å². The summed E-state index contributed by atoms with van der Waals surface area (Å²) in [5.74, 6) is -2.14. The van der Waals surface area contributed by atoms with Gasteiger partial charge in [0.2, 0.25) is 5.91 Å². The van der Waals surface area contributed by atoms with Gasteiger partial charge in [-0.1, -0.05) is 19.1 Å². The maximum Gasteiger partial charge on any atom is 0.416 e. The lowest BCUT2D eigenvalue weighted by atomic mass is 9.99. The largest absolute Gasteiger partial charge is 0.480 e. The van der Waals surface area contributed by atoms with Gasteiger partial charge in [0, 0.05) is 5.92 Å². The molecule has 1 unspecified atom stereocenters. The molecule has 2 N–H and O–H groups in total. The highest BCUT2D eigenvalue weighted by Crippen LogP contribution is 2.29. The Kier molecular flexibility index (Phi) is 5.34. The van der Waals surface area contributed by atoms with Crippen LogP contribution in [0.25, 0.3) is 0 Å². The smallest absolute Gasteiger partial charge is 0.416 e. The Morgan fingerprint density at radius 2 is 1.71 bits per heavy atom. The molecule has 0 aromatic heterocycles. The lowest BCUT2D eigenvalue weighted by Gasteiger charge is -2.15.